The van der Waals surface area contributed by atoms with E-state index in [0.717, 1.165) is 5.56 Å². The van der Waals surface area contributed by atoms with E-state index < -0.39 is 4.92 Å². The second-order valence-electron chi connectivity index (χ2n) is 6.22. The summed E-state index contributed by atoms with van der Waals surface area (Å²) in [6, 6.07) is 10.4. The van der Waals surface area contributed by atoms with Gasteiger partial charge in [0.1, 0.15) is 11.5 Å². The maximum absolute atomic E-state index is 13.3. The minimum atomic E-state index is -0.445. The smallest absolute Gasteiger partial charge is 0.276 e. The third-order valence-corrected chi connectivity index (χ3v) is 5.28. The molecule has 0 aliphatic carbocycles. The minimum absolute atomic E-state index is 0.00840. The number of aromatic nitrogens is 2. The van der Waals surface area contributed by atoms with Crippen molar-refractivity contribution in [3.05, 3.63) is 75.9 Å². The molecule has 1 amide bonds. The normalized spacial score (nSPS) is 12.9. The molecule has 0 bridgehead atoms. The van der Waals surface area contributed by atoms with Gasteiger partial charge >= 0.3 is 0 Å². The number of non-ortho nitro benzene ring substituents is 1. The molecule has 142 valence electrons. The predicted molar refractivity (Wildman–Crippen MR) is 104 cm³/mol. The summed E-state index contributed by atoms with van der Waals surface area (Å²) >= 11 is 1.38. The van der Waals surface area contributed by atoms with E-state index >= 15 is 0 Å². The van der Waals surface area contributed by atoms with Crippen LogP contribution in [0.2, 0.25) is 0 Å². The first-order valence-corrected chi connectivity index (χ1v) is 9.69. The van der Waals surface area contributed by atoms with Crippen LogP contribution in [0.5, 0.6) is 0 Å². The Hall–Kier alpha value is -3.20. The van der Waals surface area contributed by atoms with Gasteiger partial charge in [0.25, 0.3) is 11.6 Å². The average molecular weight is 398 g/mol. The lowest BCUT2D eigenvalue weighted by atomic mass is 10.1. The Morgan fingerprint density at radius 1 is 1.25 bits per heavy atom. The van der Waals surface area contributed by atoms with Gasteiger partial charge in [-0.3, -0.25) is 19.5 Å². The molecule has 0 radical (unpaired) electrons. The standard InChI is InChI=1S/C19H15FN4O3S/c1-28-19-21-11-17(23(19)14-4-2-13(20)3-5-14)18(25)22-9-8-12-10-15(24(26)27)6-7-16(12)22/h2-7,10-11H,8-9H2,1H3. The third kappa shape index (κ3) is 3.03. The third-order valence-electron chi connectivity index (χ3n) is 4.63. The molecule has 9 heteroatoms. The van der Waals surface area contributed by atoms with Crippen LogP contribution in [0.3, 0.4) is 0 Å². The van der Waals surface area contributed by atoms with E-state index in [-0.39, 0.29) is 17.4 Å². The molecule has 2 heterocycles. The van der Waals surface area contributed by atoms with Gasteiger partial charge in [-0.25, -0.2) is 9.37 Å². The summed E-state index contributed by atoms with van der Waals surface area (Å²) in [7, 11) is 0. The zero-order chi connectivity index (χ0) is 19.8. The summed E-state index contributed by atoms with van der Waals surface area (Å²) in [6.45, 7) is 0.429. The maximum Gasteiger partial charge on any atom is 0.276 e. The van der Waals surface area contributed by atoms with Crippen molar-refractivity contribution in [3.63, 3.8) is 0 Å². The highest BCUT2D eigenvalue weighted by Gasteiger charge is 2.30. The summed E-state index contributed by atoms with van der Waals surface area (Å²) in [5.74, 6) is -0.623. The maximum atomic E-state index is 13.3. The number of fused-ring (bicyclic) bond motifs is 1. The lowest BCUT2D eigenvalue weighted by molar-refractivity contribution is -0.384. The number of hydrogen-bond donors (Lipinski definition) is 0. The highest BCUT2D eigenvalue weighted by atomic mass is 32.2. The lowest BCUT2D eigenvalue weighted by Crippen LogP contribution is -2.30. The van der Waals surface area contributed by atoms with Gasteiger partial charge < -0.3 is 4.90 Å². The van der Waals surface area contributed by atoms with Gasteiger partial charge in [-0.05, 0) is 48.6 Å². The molecule has 0 N–H and O–H groups in total. The minimum Gasteiger partial charge on any atom is -0.306 e. The Bertz CT molecular complexity index is 1080. The highest BCUT2D eigenvalue weighted by Crippen LogP contribution is 2.33. The molecule has 0 fully saturated rings. The van der Waals surface area contributed by atoms with E-state index in [1.165, 1.54) is 42.2 Å². The Morgan fingerprint density at radius 2 is 2.00 bits per heavy atom. The van der Waals surface area contributed by atoms with Crippen LogP contribution in [0, 0.1) is 15.9 Å². The van der Waals surface area contributed by atoms with Crippen molar-refractivity contribution in [2.24, 2.45) is 0 Å². The Morgan fingerprint density at radius 3 is 2.68 bits per heavy atom. The van der Waals surface area contributed by atoms with Gasteiger partial charge in [-0.15, -0.1) is 0 Å². The molecule has 4 rings (SSSR count). The van der Waals surface area contributed by atoms with Crippen LogP contribution in [-0.4, -0.2) is 33.2 Å². The number of halogens is 1. The van der Waals surface area contributed by atoms with Crippen molar-refractivity contribution in [2.75, 3.05) is 17.7 Å². The number of carbonyl (C=O) groups is 1. The molecule has 1 aliphatic rings. The first-order valence-electron chi connectivity index (χ1n) is 8.46. The number of thioether (sulfide) groups is 1. The van der Waals surface area contributed by atoms with Crippen LogP contribution in [0.15, 0.2) is 53.8 Å². The monoisotopic (exact) mass is 398 g/mol. The molecule has 0 unspecified atom stereocenters. The van der Waals surface area contributed by atoms with Crippen molar-refractivity contribution < 1.29 is 14.1 Å². The highest BCUT2D eigenvalue weighted by molar-refractivity contribution is 7.98. The van der Waals surface area contributed by atoms with Crippen molar-refractivity contribution in [1.82, 2.24) is 9.55 Å². The molecule has 1 aliphatic heterocycles. The summed E-state index contributed by atoms with van der Waals surface area (Å²) in [5.41, 5.74) is 2.42. The van der Waals surface area contributed by atoms with Crippen LogP contribution in [-0.2, 0) is 6.42 Å². The number of nitrogens with zero attached hydrogens (tertiary/aromatic N) is 4. The molecule has 28 heavy (non-hydrogen) atoms. The number of hydrogen-bond acceptors (Lipinski definition) is 5. The number of anilines is 1. The summed E-state index contributed by atoms with van der Waals surface area (Å²) in [6.07, 6.45) is 3.89. The summed E-state index contributed by atoms with van der Waals surface area (Å²) < 4.78 is 15.0. The van der Waals surface area contributed by atoms with Crippen molar-refractivity contribution >= 4 is 29.0 Å². The molecule has 7 nitrogen and oxygen atoms in total. The van der Waals surface area contributed by atoms with E-state index in [9.17, 15) is 19.3 Å². The molecule has 0 saturated carbocycles. The fourth-order valence-corrected chi connectivity index (χ4v) is 3.86. The molecule has 0 spiro atoms. The predicted octanol–water partition coefficient (Wildman–Crippen LogP) is 3.84. The average Bonchev–Trinajstić information content (AvgIpc) is 3.31. The van der Waals surface area contributed by atoms with Crippen molar-refractivity contribution in [2.45, 2.75) is 11.6 Å². The van der Waals surface area contributed by atoms with Gasteiger partial charge in [0, 0.05) is 30.1 Å². The Kier molecular flexibility index (Phi) is 4.60. The van der Waals surface area contributed by atoms with Crippen LogP contribution in [0.1, 0.15) is 16.1 Å². The van der Waals surface area contributed by atoms with Gasteiger partial charge in [-0.2, -0.15) is 0 Å². The van der Waals surface area contributed by atoms with E-state index in [0.29, 0.717) is 35.2 Å². The molecule has 0 atom stereocenters. The molecule has 0 saturated heterocycles. The van der Waals surface area contributed by atoms with Crippen LogP contribution in [0.25, 0.3) is 5.69 Å². The number of amides is 1. The molecule has 1 aromatic heterocycles. The largest absolute Gasteiger partial charge is 0.306 e. The number of benzene rings is 2. The zero-order valence-corrected chi connectivity index (χ0v) is 15.6. The molecular formula is C19H15FN4O3S. The number of carbonyl (C=O) groups excluding carboxylic acids is 1. The lowest BCUT2D eigenvalue weighted by Gasteiger charge is -2.19. The number of imidazole rings is 1. The second-order valence-corrected chi connectivity index (χ2v) is 6.99. The van der Waals surface area contributed by atoms with Gasteiger partial charge in [-0.1, -0.05) is 11.8 Å². The zero-order valence-electron chi connectivity index (χ0n) is 14.8. The molecule has 3 aromatic rings. The van der Waals surface area contributed by atoms with E-state index in [2.05, 4.69) is 4.98 Å². The first kappa shape index (κ1) is 18.2. The van der Waals surface area contributed by atoms with Gasteiger partial charge in [0.15, 0.2) is 5.16 Å². The Balaban J connectivity index is 1.74. The van der Waals surface area contributed by atoms with Crippen molar-refractivity contribution in [1.29, 1.82) is 0 Å². The fourth-order valence-electron chi connectivity index (χ4n) is 3.32. The second kappa shape index (κ2) is 7.08. The number of nitro groups is 1. The summed E-state index contributed by atoms with van der Waals surface area (Å²) in [5, 5.41) is 11.6. The quantitative estimate of drug-likeness (QED) is 0.379. The fraction of sp³-hybridized carbons (Fsp3) is 0.158. The summed E-state index contributed by atoms with van der Waals surface area (Å²) in [4.78, 5) is 29.7. The van der Waals surface area contributed by atoms with E-state index in [1.54, 1.807) is 27.7 Å². The van der Waals surface area contributed by atoms with Crippen LogP contribution in [0.4, 0.5) is 15.8 Å². The topological polar surface area (TPSA) is 81.3 Å². The van der Waals surface area contributed by atoms with Crippen LogP contribution >= 0.6 is 11.8 Å². The van der Waals surface area contributed by atoms with Gasteiger partial charge in [0.05, 0.1) is 11.1 Å². The Labute approximate surface area is 164 Å². The molecular weight excluding hydrogens is 383 g/mol. The number of nitro benzene ring substituents is 1. The van der Waals surface area contributed by atoms with Crippen LogP contribution < -0.4 is 4.90 Å². The molecule has 2 aromatic carbocycles. The van der Waals surface area contributed by atoms with E-state index in [1.807, 2.05) is 6.26 Å². The van der Waals surface area contributed by atoms with Crippen molar-refractivity contribution in [3.8, 4) is 5.69 Å². The first-order chi connectivity index (χ1) is 13.5. The van der Waals surface area contributed by atoms with Gasteiger partial charge in [0.2, 0.25) is 0 Å². The van der Waals surface area contributed by atoms with E-state index in [4.69, 9.17) is 0 Å². The number of rotatable bonds is 4. The SMILES string of the molecule is CSc1ncc(C(=O)N2CCc3cc([N+](=O)[O-])ccc32)n1-c1ccc(F)cc1.